The maximum atomic E-state index is 7.03. The van der Waals surface area contributed by atoms with Crippen LogP contribution in [-0.4, -0.2) is 0 Å². The maximum absolute atomic E-state index is 7.03. The Hall–Kier alpha value is -6.26. The first-order chi connectivity index (χ1) is 25.3. The molecule has 0 bridgehead atoms. The summed E-state index contributed by atoms with van der Waals surface area (Å²) >= 11 is 0. The summed E-state index contributed by atoms with van der Waals surface area (Å²) in [6, 6.07) is 45.8. The fourth-order valence-corrected chi connectivity index (χ4v) is 9.55. The SMILES string of the molecule is CC1(C)c2cc3c(cc2-c2cc4oc5ccccc5c4cc21)N(c1ccccc1)c1cc2c(cc1O3)C(C)(C)c1cc3c(cc1-2)oc1ccccc13. The summed E-state index contributed by atoms with van der Waals surface area (Å²) in [6.07, 6.45) is 0. The van der Waals surface area contributed by atoms with Gasteiger partial charge in [-0.1, -0.05) is 82.3 Å². The summed E-state index contributed by atoms with van der Waals surface area (Å²) < 4.78 is 19.8. The van der Waals surface area contributed by atoms with E-state index >= 15 is 0 Å². The largest absolute Gasteiger partial charge is 0.456 e. The highest BCUT2D eigenvalue weighted by Gasteiger charge is 2.42. The summed E-state index contributed by atoms with van der Waals surface area (Å²) in [5, 5.41) is 4.62. The second kappa shape index (κ2) is 9.34. The topological polar surface area (TPSA) is 38.8 Å². The van der Waals surface area contributed by atoms with Gasteiger partial charge < -0.3 is 18.5 Å². The van der Waals surface area contributed by atoms with Crippen LogP contribution in [0.3, 0.4) is 0 Å². The zero-order chi connectivity index (χ0) is 34.7. The molecule has 3 heterocycles. The minimum Gasteiger partial charge on any atom is -0.456 e. The Kier molecular flexibility index (Phi) is 5.11. The zero-order valence-electron chi connectivity index (χ0n) is 29.3. The summed E-state index contributed by atoms with van der Waals surface area (Å²) in [5.41, 5.74) is 16.4. The second-order valence-corrected chi connectivity index (χ2v) is 15.7. The Balaban J connectivity index is 1.08. The van der Waals surface area contributed by atoms with Crippen molar-refractivity contribution in [3.05, 3.63) is 150 Å². The van der Waals surface area contributed by atoms with Crippen molar-refractivity contribution in [3.63, 3.8) is 0 Å². The maximum Gasteiger partial charge on any atom is 0.151 e. The van der Waals surface area contributed by atoms with E-state index in [9.17, 15) is 0 Å². The lowest BCUT2D eigenvalue weighted by molar-refractivity contribution is 0.473. The van der Waals surface area contributed by atoms with E-state index in [0.717, 1.165) is 72.4 Å². The quantitative estimate of drug-likeness (QED) is 0.174. The smallest absolute Gasteiger partial charge is 0.151 e. The number of fused-ring (bicyclic) bond motifs is 14. The number of para-hydroxylation sites is 3. The minimum atomic E-state index is -0.226. The van der Waals surface area contributed by atoms with E-state index < -0.39 is 0 Å². The van der Waals surface area contributed by atoms with Crippen LogP contribution in [0.5, 0.6) is 11.5 Å². The van der Waals surface area contributed by atoms with Gasteiger partial charge in [-0.05, 0) is 117 Å². The van der Waals surface area contributed by atoms with E-state index in [1.54, 1.807) is 0 Å². The van der Waals surface area contributed by atoms with Crippen molar-refractivity contribution in [1.29, 1.82) is 0 Å². The molecule has 0 radical (unpaired) electrons. The lowest BCUT2D eigenvalue weighted by Gasteiger charge is -2.35. The van der Waals surface area contributed by atoms with Crippen LogP contribution in [0, 0.1) is 0 Å². The van der Waals surface area contributed by atoms with Gasteiger partial charge in [-0.15, -0.1) is 0 Å². The van der Waals surface area contributed by atoms with Crippen molar-refractivity contribution < 1.29 is 13.6 Å². The molecular weight excluding hydrogens is 639 g/mol. The van der Waals surface area contributed by atoms with Gasteiger partial charge in [0.25, 0.3) is 0 Å². The van der Waals surface area contributed by atoms with Crippen LogP contribution in [0.4, 0.5) is 17.1 Å². The molecule has 0 saturated heterocycles. The number of hydrogen-bond acceptors (Lipinski definition) is 4. The van der Waals surface area contributed by atoms with Crippen LogP contribution in [-0.2, 0) is 10.8 Å². The highest BCUT2D eigenvalue weighted by Crippen LogP contribution is 2.61. The molecule has 248 valence electrons. The summed E-state index contributed by atoms with van der Waals surface area (Å²) in [4.78, 5) is 2.38. The molecular formula is C48H33NO3. The van der Waals surface area contributed by atoms with E-state index in [1.165, 1.54) is 44.5 Å². The van der Waals surface area contributed by atoms with Gasteiger partial charge in [0, 0.05) is 38.1 Å². The molecule has 4 nitrogen and oxygen atoms in total. The first-order valence-corrected chi connectivity index (χ1v) is 18.1. The molecule has 7 aromatic carbocycles. The van der Waals surface area contributed by atoms with Gasteiger partial charge >= 0.3 is 0 Å². The predicted octanol–water partition coefficient (Wildman–Crippen LogP) is 13.7. The van der Waals surface area contributed by atoms with Crippen LogP contribution in [0.25, 0.3) is 66.1 Å². The van der Waals surface area contributed by atoms with E-state index in [1.807, 2.05) is 12.1 Å². The number of anilines is 3. The van der Waals surface area contributed by atoms with Gasteiger partial charge in [-0.2, -0.15) is 0 Å². The first kappa shape index (κ1) is 28.4. The van der Waals surface area contributed by atoms with E-state index in [2.05, 4.69) is 148 Å². The minimum absolute atomic E-state index is 0.226. The average molecular weight is 672 g/mol. The third-order valence-electron chi connectivity index (χ3n) is 12.2. The lowest BCUT2D eigenvalue weighted by atomic mass is 9.81. The molecule has 0 amide bonds. The highest BCUT2D eigenvalue weighted by molar-refractivity contribution is 6.09. The third-order valence-corrected chi connectivity index (χ3v) is 12.2. The van der Waals surface area contributed by atoms with Crippen molar-refractivity contribution in [2.24, 2.45) is 0 Å². The molecule has 0 saturated carbocycles. The van der Waals surface area contributed by atoms with Crippen molar-refractivity contribution >= 4 is 60.9 Å². The number of hydrogen-bond donors (Lipinski definition) is 0. The van der Waals surface area contributed by atoms with Crippen LogP contribution < -0.4 is 9.64 Å². The number of nitrogens with zero attached hydrogens (tertiary/aromatic N) is 1. The van der Waals surface area contributed by atoms with Gasteiger partial charge in [0.2, 0.25) is 0 Å². The molecule has 2 aromatic heterocycles. The normalized spacial score (nSPS) is 15.7. The Labute approximate surface area is 300 Å². The van der Waals surface area contributed by atoms with E-state index in [4.69, 9.17) is 13.6 Å². The predicted molar refractivity (Wildman–Crippen MR) is 211 cm³/mol. The molecule has 0 N–H and O–H groups in total. The van der Waals surface area contributed by atoms with Gasteiger partial charge in [0.05, 0.1) is 11.4 Å². The number of furan rings is 2. The number of ether oxygens (including phenoxy) is 1. The molecule has 12 rings (SSSR count). The Morgan fingerprint density at radius 1 is 0.404 bits per heavy atom. The average Bonchev–Trinajstić information content (AvgIpc) is 3.83. The fourth-order valence-electron chi connectivity index (χ4n) is 9.55. The zero-order valence-corrected chi connectivity index (χ0v) is 29.3. The Morgan fingerprint density at radius 2 is 0.827 bits per heavy atom. The van der Waals surface area contributed by atoms with Crippen molar-refractivity contribution in [3.8, 4) is 33.8 Å². The van der Waals surface area contributed by atoms with Crippen LogP contribution >= 0.6 is 0 Å². The second-order valence-electron chi connectivity index (χ2n) is 15.7. The third kappa shape index (κ3) is 3.47. The van der Waals surface area contributed by atoms with Gasteiger partial charge in [0.15, 0.2) is 11.5 Å². The van der Waals surface area contributed by atoms with Crippen molar-refractivity contribution in [1.82, 2.24) is 0 Å². The van der Waals surface area contributed by atoms with E-state index in [-0.39, 0.29) is 10.8 Å². The fraction of sp³-hybridized carbons (Fsp3) is 0.125. The molecule has 0 spiro atoms. The van der Waals surface area contributed by atoms with Crippen molar-refractivity contribution in [2.75, 3.05) is 4.90 Å². The molecule has 0 atom stereocenters. The van der Waals surface area contributed by atoms with Gasteiger partial charge in [0.1, 0.15) is 22.3 Å². The molecule has 3 aliphatic rings. The highest BCUT2D eigenvalue weighted by atomic mass is 16.5. The monoisotopic (exact) mass is 671 g/mol. The van der Waals surface area contributed by atoms with Gasteiger partial charge in [-0.3, -0.25) is 0 Å². The van der Waals surface area contributed by atoms with E-state index in [0.29, 0.717) is 0 Å². The molecule has 9 aromatic rings. The molecule has 52 heavy (non-hydrogen) atoms. The van der Waals surface area contributed by atoms with Crippen LogP contribution in [0.1, 0.15) is 49.9 Å². The molecule has 0 unspecified atom stereocenters. The Morgan fingerprint density at radius 3 is 1.33 bits per heavy atom. The summed E-state index contributed by atoms with van der Waals surface area (Å²) in [7, 11) is 0. The lowest BCUT2D eigenvalue weighted by Crippen LogP contribution is -2.19. The standard InChI is InChI=1S/C48H33NO3/c1-47(2)35-18-33-27-14-8-10-16-41(27)50-43(33)22-31(35)29-20-39-45(24-37(29)47)52-46-25-38-30(21-40(46)49(39)26-12-6-5-7-13-26)32-23-44-34(19-36(32)48(38,3)4)28-15-9-11-17-42(28)51-44/h5-25H,1-4H3. The molecule has 0 fully saturated rings. The number of benzene rings is 7. The Bertz CT molecular complexity index is 2860. The van der Waals surface area contributed by atoms with Crippen LogP contribution in [0.15, 0.2) is 136 Å². The molecule has 4 heteroatoms. The summed E-state index contributed by atoms with van der Waals surface area (Å²) in [5.74, 6) is 1.73. The molecule has 1 aliphatic heterocycles. The van der Waals surface area contributed by atoms with Gasteiger partial charge in [-0.25, -0.2) is 0 Å². The summed E-state index contributed by atoms with van der Waals surface area (Å²) in [6.45, 7) is 9.32. The first-order valence-electron chi connectivity index (χ1n) is 18.1. The van der Waals surface area contributed by atoms with Crippen LogP contribution in [0.2, 0.25) is 0 Å². The van der Waals surface area contributed by atoms with Crippen molar-refractivity contribution in [2.45, 2.75) is 38.5 Å². The number of rotatable bonds is 1. The molecule has 2 aliphatic carbocycles.